The summed E-state index contributed by atoms with van der Waals surface area (Å²) in [6.45, 7) is 3.90. The highest BCUT2D eigenvalue weighted by Crippen LogP contribution is 2.26. The van der Waals surface area contributed by atoms with Gasteiger partial charge in [-0.1, -0.05) is 6.07 Å². The van der Waals surface area contributed by atoms with E-state index in [4.69, 9.17) is 4.74 Å². The van der Waals surface area contributed by atoms with Gasteiger partial charge in [0.2, 0.25) is 0 Å². The Morgan fingerprint density at radius 1 is 1.56 bits per heavy atom. The van der Waals surface area contributed by atoms with E-state index >= 15 is 0 Å². The Bertz CT molecular complexity index is 422. The van der Waals surface area contributed by atoms with Gasteiger partial charge in [0.25, 0.3) is 0 Å². The lowest BCUT2D eigenvalue weighted by molar-refractivity contribution is -0.144. The molecule has 2 rings (SSSR count). The number of carbonyl (C=O) groups excluding carboxylic acids is 1. The summed E-state index contributed by atoms with van der Waals surface area (Å²) in [6, 6.07) is 6.58. The summed E-state index contributed by atoms with van der Waals surface area (Å²) in [4.78, 5) is 13.5. The minimum atomic E-state index is -0.221. The summed E-state index contributed by atoms with van der Waals surface area (Å²) >= 11 is 0. The van der Waals surface area contributed by atoms with E-state index < -0.39 is 0 Å². The van der Waals surface area contributed by atoms with Crippen LogP contribution in [0.4, 0.5) is 10.1 Å². The van der Waals surface area contributed by atoms with E-state index in [-0.39, 0.29) is 11.8 Å². The first kappa shape index (κ1) is 12.9. The maximum atomic E-state index is 13.1. The lowest BCUT2D eigenvalue weighted by atomic mass is 10.1. The van der Waals surface area contributed by atoms with Crippen LogP contribution in [0.15, 0.2) is 24.3 Å². The molecule has 0 bridgehead atoms. The van der Waals surface area contributed by atoms with Crippen LogP contribution in [0.25, 0.3) is 0 Å². The number of hydrogen-bond acceptors (Lipinski definition) is 3. The van der Waals surface area contributed by atoms with Crippen molar-refractivity contribution in [1.82, 2.24) is 0 Å². The molecule has 1 unspecified atom stereocenters. The zero-order chi connectivity index (χ0) is 13.0. The molecule has 1 atom stereocenters. The lowest BCUT2D eigenvalue weighted by Crippen LogP contribution is -2.21. The summed E-state index contributed by atoms with van der Waals surface area (Å²) < 4.78 is 18.1. The Morgan fingerprint density at radius 3 is 3.11 bits per heavy atom. The lowest BCUT2D eigenvalue weighted by Gasteiger charge is -2.18. The van der Waals surface area contributed by atoms with Gasteiger partial charge >= 0.3 is 5.97 Å². The second-order valence-corrected chi connectivity index (χ2v) is 4.59. The van der Waals surface area contributed by atoms with E-state index in [1.54, 1.807) is 6.07 Å². The van der Waals surface area contributed by atoms with Gasteiger partial charge in [0.15, 0.2) is 0 Å². The SMILES string of the molecule is CCOC(=O)CC1CCN(c2cccc(F)c2)C1. The molecular weight excluding hydrogens is 233 g/mol. The van der Waals surface area contributed by atoms with Crippen molar-refractivity contribution in [2.45, 2.75) is 19.8 Å². The molecule has 0 amide bonds. The number of hydrogen-bond donors (Lipinski definition) is 0. The highest BCUT2D eigenvalue weighted by Gasteiger charge is 2.25. The van der Waals surface area contributed by atoms with Crippen molar-refractivity contribution in [2.24, 2.45) is 5.92 Å². The van der Waals surface area contributed by atoms with E-state index in [0.717, 1.165) is 25.2 Å². The molecule has 0 aliphatic carbocycles. The minimum absolute atomic E-state index is 0.136. The van der Waals surface area contributed by atoms with E-state index in [0.29, 0.717) is 18.9 Å². The molecule has 0 aromatic heterocycles. The maximum Gasteiger partial charge on any atom is 0.306 e. The first-order chi connectivity index (χ1) is 8.69. The number of ether oxygens (including phenoxy) is 1. The Kier molecular flexibility index (Phi) is 4.18. The Hall–Kier alpha value is -1.58. The first-order valence-electron chi connectivity index (χ1n) is 6.35. The third-order valence-electron chi connectivity index (χ3n) is 3.22. The van der Waals surface area contributed by atoms with Gasteiger partial charge < -0.3 is 9.64 Å². The number of halogens is 1. The van der Waals surface area contributed by atoms with E-state index in [9.17, 15) is 9.18 Å². The van der Waals surface area contributed by atoms with E-state index in [1.807, 2.05) is 13.0 Å². The van der Waals surface area contributed by atoms with Gasteiger partial charge in [0.1, 0.15) is 5.82 Å². The van der Waals surface area contributed by atoms with Gasteiger partial charge in [-0.2, -0.15) is 0 Å². The third kappa shape index (κ3) is 3.22. The van der Waals surface area contributed by atoms with Crippen molar-refractivity contribution >= 4 is 11.7 Å². The smallest absolute Gasteiger partial charge is 0.306 e. The van der Waals surface area contributed by atoms with Crippen LogP contribution in [-0.4, -0.2) is 25.7 Å². The van der Waals surface area contributed by atoms with Gasteiger partial charge in [-0.3, -0.25) is 4.79 Å². The molecule has 3 nitrogen and oxygen atoms in total. The normalized spacial score (nSPS) is 19.0. The molecular formula is C14H18FNO2. The van der Waals surface area contributed by atoms with Crippen molar-refractivity contribution in [3.63, 3.8) is 0 Å². The van der Waals surface area contributed by atoms with Gasteiger partial charge in [0.05, 0.1) is 13.0 Å². The second kappa shape index (κ2) is 5.85. The van der Waals surface area contributed by atoms with E-state index in [1.165, 1.54) is 12.1 Å². The number of esters is 1. The van der Waals surface area contributed by atoms with Gasteiger partial charge in [-0.15, -0.1) is 0 Å². The van der Waals surface area contributed by atoms with Crippen LogP contribution < -0.4 is 4.90 Å². The standard InChI is InChI=1S/C14H18FNO2/c1-2-18-14(17)8-11-6-7-16(10-11)13-5-3-4-12(15)9-13/h3-5,9,11H,2,6-8,10H2,1H3. The molecule has 1 fully saturated rings. The molecule has 0 spiro atoms. The predicted octanol–water partition coefficient (Wildman–Crippen LogP) is 2.61. The molecule has 1 heterocycles. The Morgan fingerprint density at radius 2 is 2.39 bits per heavy atom. The van der Waals surface area contributed by atoms with Gasteiger partial charge in [0, 0.05) is 18.8 Å². The van der Waals surface area contributed by atoms with E-state index in [2.05, 4.69) is 4.90 Å². The van der Waals surface area contributed by atoms with Crippen molar-refractivity contribution in [1.29, 1.82) is 0 Å². The van der Waals surface area contributed by atoms with Crippen LogP contribution in [0.2, 0.25) is 0 Å². The Labute approximate surface area is 107 Å². The molecule has 0 N–H and O–H groups in total. The quantitative estimate of drug-likeness (QED) is 0.770. The fourth-order valence-electron chi connectivity index (χ4n) is 2.36. The van der Waals surface area contributed by atoms with Crippen molar-refractivity contribution in [3.05, 3.63) is 30.1 Å². The third-order valence-corrected chi connectivity index (χ3v) is 3.22. The summed E-state index contributed by atoms with van der Waals surface area (Å²) in [6.07, 6.45) is 1.41. The molecule has 1 aromatic carbocycles. The summed E-state index contributed by atoms with van der Waals surface area (Å²) in [7, 11) is 0. The first-order valence-corrected chi connectivity index (χ1v) is 6.35. The monoisotopic (exact) mass is 251 g/mol. The molecule has 0 saturated carbocycles. The number of carbonyl (C=O) groups is 1. The van der Waals surface area contributed by atoms with Crippen LogP contribution in [-0.2, 0) is 9.53 Å². The van der Waals surface area contributed by atoms with Gasteiger partial charge in [-0.25, -0.2) is 4.39 Å². The molecule has 1 aliphatic heterocycles. The Balaban J connectivity index is 1.90. The van der Waals surface area contributed by atoms with Crippen molar-refractivity contribution in [2.75, 3.05) is 24.6 Å². The summed E-state index contributed by atoms with van der Waals surface area (Å²) in [5.74, 6) is -0.0442. The number of nitrogens with zero attached hydrogens (tertiary/aromatic N) is 1. The van der Waals surface area contributed by atoms with Crippen LogP contribution >= 0.6 is 0 Å². The second-order valence-electron chi connectivity index (χ2n) is 4.59. The minimum Gasteiger partial charge on any atom is -0.466 e. The molecule has 4 heteroatoms. The molecule has 1 aromatic rings. The molecule has 1 saturated heterocycles. The van der Waals surface area contributed by atoms with Crippen LogP contribution in [0.1, 0.15) is 19.8 Å². The zero-order valence-electron chi connectivity index (χ0n) is 10.6. The summed E-state index contributed by atoms with van der Waals surface area (Å²) in [5, 5.41) is 0. The predicted molar refractivity (Wildman–Crippen MR) is 68.0 cm³/mol. The number of benzene rings is 1. The number of anilines is 1. The molecule has 1 aliphatic rings. The number of rotatable bonds is 4. The van der Waals surface area contributed by atoms with Crippen LogP contribution in [0, 0.1) is 11.7 Å². The fraction of sp³-hybridized carbons (Fsp3) is 0.500. The molecule has 18 heavy (non-hydrogen) atoms. The van der Waals surface area contributed by atoms with Gasteiger partial charge in [-0.05, 0) is 37.5 Å². The average Bonchev–Trinajstić information content (AvgIpc) is 2.78. The van der Waals surface area contributed by atoms with Crippen molar-refractivity contribution in [3.8, 4) is 0 Å². The van der Waals surface area contributed by atoms with Crippen LogP contribution in [0.5, 0.6) is 0 Å². The molecule has 0 radical (unpaired) electrons. The molecule has 98 valence electrons. The largest absolute Gasteiger partial charge is 0.466 e. The summed E-state index contributed by atoms with van der Waals surface area (Å²) in [5.41, 5.74) is 0.890. The fourth-order valence-corrected chi connectivity index (χ4v) is 2.36. The topological polar surface area (TPSA) is 29.5 Å². The maximum absolute atomic E-state index is 13.1. The van der Waals surface area contributed by atoms with Crippen molar-refractivity contribution < 1.29 is 13.9 Å². The van der Waals surface area contributed by atoms with Crippen LogP contribution in [0.3, 0.4) is 0 Å². The zero-order valence-corrected chi connectivity index (χ0v) is 10.6. The average molecular weight is 251 g/mol. The highest BCUT2D eigenvalue weighted by atomic mass is 19.1. The highest BCUT2D eigenvalue weighted by molar-refractivity contribution is 5.69.